The molecule has 156 valence electrons. The van der Waals surface area contributed by atoms with Crippen LogP contribution in [-0.2, 0) is 29.1 Å². The number of hydrogen-bond acceptors (Lipinski definition) is 4. The van der Waals surface area contributed by atoms with Crippen molar-refractivity contribution in [1.29, 1.82) is 0 Å². The summed E-state index contributed by atoms with van der Waals surface area (Å²) < 4.78 is 38.7. The highest BCUT2D eigenvalue weighted by Crippen LogP contribution is 2.23. The van der Waals surface area contributed by atoms with Crippen LogP contribution in [0.15, 0.2) is 64.0 Å². The van der Waals surface area contributed by atoms with Crippen molar-refractivity contribution < 1.29 is 23.0 Å². The van der Waals surface area contributed by atoms with Gasteiger partial charge in [-0.1, -0.05) is 24.3 Å². The molecule has 0 fully saturated rings. The van der Waals surface area contributed by atoms with Crippen LogP contribution in [-0.4, -0.2) is 17.6 Å². The van der Waals surface area contributed by atoms with Gasteiger partial charge in [0.05, 0.1) is 20.1 Å². The van der Waals surface area contributed by atoms with Gasteiger partial charge in [0.25, 0.3) is 5.56 Å². The number of esters is 1. The number of methoxy groups -OCH3 is 1. The minimum Gasteiger partial charge on any atom is -0.487 e. The van der Waals surface area contributed by atoms with Gasteiger partial charge in [-0.2, -0.15) is 0 Å². The highest BCUT2D eigenvalue weighted by molar-refractivity contribution is 9.10. The average Bonchev–Trinajstić information content (AvgIpc) is 2.73. The van der Waals surface area contributed by atoms with Gasteiger partial charge in [-0.3, -0.25) is 9.59 Å². The smallest absolute Gasteiger partial charge is 0.309 e. The summed E-state index contributed by atoms with van der Waals surface area (Å²) in [5.41, 5.74) is 1.39. The molecule has 0 bridgehead atoms. The Labute approximate surface area is 180 Å². The van der Waals surface area contributed by atoms with Crippen molar-refractivity contribution >= 4 is 21.9 Å². The van der Waals surface area contributed by atoms with Crippen molar-refractivity contribution in [3.63, 3.8) is 0 Å². The normalized spacial score (nSPS) is 10.7. The van der Waals surface area contributed by atoms with Crippen LogP contribution in [0.25, 0.3) is 0 Å². The Hall–Kier alpha value is -3.00. The first kappa shape index (κ1) is 21.7. The van der Waals surface area contributed by atoms with Crippen LogP contribution in [0.4, 0.5) is 8.78 Å². The molecule has 3 rings (SSSR count). The number of aromatic nitrogens is 1. The molecule has 3 aromatic rings. The number of hydrogen-bond donors (Lipinski definition) is 0. The molecule has 0 saturated carbocycles. The standard InChI is InChI=1S/C22H18BrF2NO4/c1-29-20(27)10-14-4-2-3-5-15(14)12-26-9-8-19(21(23)22(26)28)30-13-16-6-7-17(24)11-18(16)25/h2-9,11H,10,12-13H2,1H3. The van der Waals surface area contributed by atoms with Crippen LogP contribution in [0.3, 0.4) is 0 Å². The molecular weight excluding hydrogens is 460 g/mol. The lowest BCUT2D eigenvalue weighted by molar-refractivity contribution is -0.139. The van der Waals surface area contributed by atoms with Gasteiger partial charge >= 0.3 is 5.97 Å². The fourth-order valence-electron chi connectivity index (χ4n) is 2.86. The summed E-state index contributed by atoms with van der Waals surface area (Å²) in [5.74, 6) is -1.52. The summed E-state index contributed by atoms with van der Waals surface area (Å²) in [6, 6.07) is 12.1. The second-order valence-corrected chi connectivity index (χ2v) is 7.27. The van der Waals surface area contributed by atoms with Crippen molar-refractivity contribution in [1.82, 2.24) is 4.57 Å². The van der Waals surface area contributed by atoms with Gasteiger partial charge in [0.2, 0.25) is 0 Å². The third-order valence-electron chi connectivity index (χ3n) is 4.49. The van der Waals surface area contributed by atoms with Crippen LogP contribution < -0.4 is 10.3 Å². The number of pyridine rings is 1. The highest BCUT2D eigenvalue weighted by Gasteiger charge is 2.13. The first-order valence-electron chi connectivity index (χ1n) is 8.98. The zero-order valence-corrected chi connectivity index (χ0v) is 17.6. The van der Waals surface area contributed by atoms with Crippen LogP contribution in [0.5, 0.6) is 5.75 Å². The maximum absolute atomic E-state index is 13.8. The van der Waals surface area contributed by atoms with Gasteiger partial charge in [0.15, 0.2) is 0 Å². The van der Waals surface area contributed by atoms with E-state index in [1.165, 1.54) is 17.7 Å². The van der Waals surface area contributed by atoms with Gasteiger partial charge < -0.3 is 14.0 Å². The Morgan fingerprint density at radius 2 is 1.80 bits per heavy atom. The number of carbonyl (C=O) groups is 1. The maximum Gasteiger partial charge on any atom is 0.309 e. The van der Waals surface area contributed by atoms with Gasteiger partial charge in [-0.25, -0.2) is 8.78 Å². The monoisotopic (exact) mass is 477 g/mol. The van der Waals surface area contributed by atoms with E-state index in [1.807, 2.05) is 18.2 Å². The summed E-state index contributed by atoms with van der Waals surface area (Å²) >= 11 is 3.23. The molecule has 0 saturated heterocycles. The predicted molar refractivity (Wildman–Crippen MR) is 110 cm³/mol. The molecule has 30 heavy (non-hydrogen) atoms. The zero-order valence-electron chi connectivity index (χ0n) is 16.0. The number of carbonyl (C=O) groups excluding carboxylic acids is 1. The summed E-state index contributed by atoms with van der Waals surface area (Å²) in [5, 5.41) is 0. The Bertz CT molecular complexity index is 1130. The van der Waals surface area contributed by atoms with E-state index in [1.54, 1.807) is 18.3 Å². The van der Waals surface area contributed by atoms with E-state index in [2.05, 4.69) is 15.9 Å². The van der Waals surface area contributed by atoms with Gasteiger partial charge in [0.1, 0.15) is 28.5 Å². The number of benzene rings is 2. The van der Waals surface area contributed by atoms with Crippen molar-refractivity contribution in [2.45, 2.75) is 19.6 Å². The Morgan fingerprint density at radius 3 is 2.50 bits per heavy atom. The minimum absolute atomic E-state index is 0.104. The molecule has 0 aliphatic rings. The summed E-state index contributed by atoms with van der Waals surface area (Å²) in [6.07, 6.45) is 1.66. The van der Waals surface area contributed by atoms with Crippen molar-refractivity contribution in [3.05, 3.63) is 97.9 Å². The fraction of sp³-hybridized carbons (Fsp3) is 0.182. The molecule has 0 atom stereocenters. The molecule has 1 heterocycles. The number of ether oxygens (including phenoxy) is 2. The Balaban J connectivity index is 1.79. The number of nitrogens with zero attached hydrogens (tertiary/aromatic N) is 1. The molecule has 0 amide bonds. The van der Waals surface area contributed by atoms with Crippen molar-refractivity contribution in [2.75, 3.05) is 7.11 Å². The summed E-state index contributed by atoms with van der Waals surface area (Å²) in [7, 11) is 1.32. The SMILES string of the molecule is COC(=O)Cc1ccccc1Cn1ccc(OCc2ccc(F)cc2F)c(Br)c1=O. The van der Waals surface area contributed by atoms with E-state index in [0.29, 0.717) is 0 Å². The molecule has 1 aromatic heterocycles. The average molecular weight is 478 g/mol. The van der Waals surface area contributed by atoms with E-state index in [-0.39, 0.29) is 46.9 Å². The largest absolute Gasteiger partial charge is 0.487 e. The van der Waals surface area contributed by atoms with Crippen LogP contribution in [0.1, 0.15) is 16.7 Å². The zero-order chi connectivity index (χ0) is 21.7. The Kier molecular flexibility index (Phi) is 6.99. The van der Waals surface area contributed by atoms with Crippen LogP contribution in [0.2, 0.25) is 0 Å². The molecule has 0 spiro atoms. The summed E-state index contributed by atoms with van der Waals surface area (Å²) in [4.78, 5) is 24.3. The number of rotatable bonds is 7. The van der Waals surface area contributed by atoms with Gasteiger partial charge in [-0.05, 0) is 45.3 Å². The third kappa shape index (κ3) is 5.13. The first-order chi connectivity index (χ1) is 14.4. The first-order valence-corrected chi connectivity index (χ1v) is 9.77. The second kappa shape index (κ2) is 9.67. The second-order valence-electron chi connectivity index (χ2n) is 6.47. The number of halogens is 3. The minimum atomic E-state index is -0.721. The lowest BCUT2D eigenvalue weighted by Crippen LogP contribution is -2.22. The molecule has 0 unspecified atom stereocenters. The Morgan fingerprint density at radius 1 is 1.07 bits per heavy atom. The van der Waals surface area contributed by atoms with Crippen molar-refractivity contribution in [2.24, 2.45) is 0 Å². The third-order valence-corrected chi connectivity index (χ3v) is 5.22. The van der Waals surface area contributed by atoms with E-state index in [9.17, 15) is 18.4 Å². The molecule has 0 N–H and O–H groups in total. The van der Waals surface area contributed by atoms with Crippen molar-refractivity contribution in [3.8, 4) is 5.75 Å². The maximum atomic E-state index is 13.8. The van der Waals surface area contributed by atoms with Gasteiger partial charge in [0, 0.05) is 17.8 Å². The summed E-state index contributed by atoms with van der Waals surface area (Å²) in [6.45, 7) is 0.0909. The lowest BCUT2D eigenvalue weighted by atomic mass is 10.0. The van der Waals surface area contributed by atoms with E-state index >= 15 is 0 Å². The quantitative estimate of drug-likeness (QED) is 0.477. The van der Waals surface area contributed by atoms with E-state index < -0.39 is 11.6 Å². The molecule has 0 aliphatic carbocycles. The van der Waals surface area contributed by atoms with E-state index in [0.717, 1.165) is 23.3 Å². The fourth-order valence-corrected chi connectivity index (χ4v) is 3.33. The molecule has 8 heteroatoms. The highest BCUT2D eigenvalue weighted by atomic mass is 79.9. The molecule has 0 radical (unpaired) electrons. The molecule has 5 nitrogen and oxygen atoms in total. The topological polar surface area (TPSA) is 57.5 Å². The molecule has 2 aromatic carbocycles. The van der Waals surface area contributed by atoms with Crippen LogP contribution in [0, 0.1) is 11.6 Å². The van der Waals surface area contributed by atoms with Gasteiger partial charge in [-0.15, -0.1) is 0 Å². The molecule has 0 aliphatic heterocycles. The van der Waals surface area contributed by atoms with E-state index in [4.69, 9.17) is 9.47 Å². The lowest BCUT2D eigenvalue weighted by Gasteiger charge is -2.13. The molecular formula is C22H18BrF2NO4. The predicted octanol–water partition coefficient (Wildman–Crippen LogP) is 4.23. The van der Waals surface area contributed by atoms with Crippen LogP contribution >= 0.6 is 15.9 Å².